The van der Waals surface area contributed by atoms with Crippen LogP contribution in [0.2, 0.25) is 0 Å². The van der Waals surface area contributed by atoms with Crippen molar-refractivity contribution in [2.24, 2.45) is 0 Å². The van der Waals surface area contributed by atoms with Crippen LogP contribution in [0.15, 0.2) is 78.9 Å². The normalized spacial score (nSPS) is 14.6. The number of carbonyl (C=O) groups is 1. The van der Waals surface area contributed by atoms with Gasteiger partial charge in [-0.15, -0.1) is 0 Å². The van der Waals surface area contributed by atoms with Crippen molar-refractivity contribution < 1.29 is 27.8 Å². The highest BCUT2D eigenvalue weighted by atomic mass is 19.1. The van der Waals surface area contributed by atoms with Gasteiger partial charge in [0.2, 0.25) is 5.88 Å². The van der Waals surface area contributed by atoms with Crippen LogP contribution in [-0.2, 0) is 29.0 Å². The number of rotatable bonds is 9. The Bertz CT molecular complexity index is 1720. The maximum atomic E-state index is 15.5. The molecular weight excluding hydrogens is 528 g/mol. The Labute approximate surface area is 235 Å². The number of hydrogen-bond donors (Lipinski definition) is 0. The molecule has 3 heterocycles. The maximum Gasteiger partial charge on any atom is 0.337 e. The van der Waals surface area contributed by atoms with Crippen LogP contribution in [0.4, 0.5) is 8.78 Å². The molecule has 1 fully saturated rings. The molecule has 6 rings (SSSR count). The van der Waals surface area contributed by atoms with Gasteiger partial charge >= 0.3 is 5.97 Å². The topological polar surface area (TPSA) is 75.5 Å². The maximum absolute atomic E-state index is 15.5. The van der Waals surface area contributed by atoms with Gasteiger partial charge in [-0.3, -0.25) is 0 Å². The fourth-order valence-corrected chi connectivity index (χ4v) is 4.86. The van der Waals surface area contributed by atoms with E-state index in [1.54, 1.807) is 36.4 Å². The molecule has 0 radical (unpaired) electrons. The summed E-state index contributed by atoms with van der Waals surface area (Å²) < 4.78 is 49.0. The van der Waals surface area contributed by atoms with Crippen LogP contribution < -0.4 is 4.74 Å². The highest BCUT2D eigenvalue weighted by Gasteiger charge is 2.24. The van der Waals surface area contributed by atoms with Gasteiger partial charge in [-0.2, -0.15) is 0 Å². The van der Waals surface area contributed by atoms with E-state index in [1.165, 1.54) is 13.2 Å². The van der Waals surface area contributed by atoms with E-state index >= 15 is 8.78 Å². The molecule has 0 amide bonds. The van der Waals surface area contributed by atoms with Gasteiger partial charge in [0.05, 0.1) is 42.0 Å². The van der Waals surface area contributed by atoms with Gasteiger partial charge in [0.1, 0.15) is 24.1 Å². The second-order valence-electron chi connectivity index (χ2n) is 9.85. The number of esters is 1. The van der Waals surface area contributed by atoms with Gasteiger partial charge in [0.15, 0.2) is 0 Å². The van der Waals surface area contributed by atoms with Crippen LogP contribution in [0.25, 0.3) is 22.3 Å². The van der Waals surface area contributed by atoms with Crippen LogP contribution in [0.5, 0.6) is 5.88 Å². The van der Waals surface area contributed by atoms with Gasteiger partial charge in [0.25, 0.3) is 0 Å². The zero-order valence-electron chi connectivity index (χ0n) is 22.3. The Hall–Kier alpha value is -4.63. The molecule has 1 aliphatic rings. The number of benzene rings is 3. The van der Waals surface area contributed by atoms with Gasteiger partial charge in [-0.25, -0.2) is 23.5 Å². The number of imidazole rings is 1. The quantitative estimate of drug-likeness (QED) is 0.204. The van der Waals surface area contributed by atoms with E-state index in [9.17, 15) is 4.79 Å². The number of carbonyl (C=O) groups excluding carboxylic acids is 1. The average Bonchev–Trinajstić information content (AvgIpc) is 3.31. The predicted molar refractivity (Wildman–Crippen MR) is 149 cm³/mol. The fraction of sp³-hybridized carbons (Fsp3) is 0.219. The molecule has 1 unspecified atom stereocenters. The molecule has 2 aromatic heterocycles. The highest BCUT2D eigenvalue weighted by Crippen LogP contribution is 2.29. The highest BCUT2D eigenvalue weighted by molar-refractivity contribution is 5.93. The first-order valence-corrected chi connectivity index (χ1v) is 13.3. The molecule has 0 saturated carbocycles. The molecule has 208 valence electrons. The van der Waals surface area contributed by atoms with E-state index in [0.29, 0.717) is 48.1 Å². The van der Waals surface area contributed by atoms with Crippen molar-refractivity contribution in [3.8, 4) is 17.1 Å². The van der Waals surface area contributed by atoms with Gasteiger partial charge < -0.3 is 18.8 Å². The zero-order valence-corrected chi connectivity index (χ0v) is 22.3. The molecule has 1 aliphatic heterocycles. The number of hydrogen-bond acceptors (Lipinski definition) is 6. The lowest BCUT2D eigenvalue weighted by molar-refractivity contribution is -0.0589. The summed E-state index contributed by atoms with van der Waals surface area (Å²) in [6.07, 6.45) is 0.916. The molecule has 0 spiro atoms. The Morgan fingerprint density at radius 2 is 1.83 bits per heavy atom. The summed E-state index contributed by atoms with van der Waals surface area (Å²) in [6.45, 7) is 1.47. The summed E-state index contributed by atoms with van der Waals surface area (Å²) in [5.74, 6) is -0.793. The summed E-state index contributed by atoms with van der Waals surface area (Å²) in [7, 11) is 1.32. The number of nitrogens with zero attached hydrogens (tertiary/aromatic N) is 3. The summed E-state index contributed by atoms with van der Waals surface area (Å²) >= 11 is 0. The number of halogens is 2. The number of fused-ring (bicyclic) bond motifs is 1. The lowest BCUT2D eigenvalue weighted by Gasteiger charge is -2.27. The van der Waals surface area contributed by atoms with E-state index in [0.717, 1.165) is 18.1 Å². The van der Waals surface area contributed by atoms with E-state index < -0.39 is 17.6 Å². The molecule has 1 saturated heterocycles. The lowest BCUT2D eigenvalue weighted by atomic mass is 10.0. The van der Waals surface area contributed by atoms with Crippen molar-refractivity contribution in [1.29, 1.82) is 0 Å². The summed E-state index contributed by atoms with van der Waals surface area (Å²) in [5, 5.41) is 0. The molecule has 0 N–H and O–H groups in total. The van der Waals surface area contributed by atoms with Crippen LogP contribution in [0.3, 0.4) is 0 Å². The van der Waals surface area contributed by atoms with Gasteiger partial charge in [-0.1, -0.05) is 36.4 Å². The first-order valence-electron chi connectivity index (χ1n) is 13.3. The van der Waals surface area contributed by atoms with E-state index in [-0.39, 0.29) is 29.3 Å². The van der Waals surface area contributed by atoms with Crippen LogP contribution in [0, 0.1) is 11.6 Å². The minimum Gasteiger partial charge on any atom is -0.473 e. The third-order valence-corrected chi connectivity index (χ3v) is 7.14. The van der Waals surface area contributed by atoms with E-state index in [4.69, 9.17) is 19.2 Å². The molecule has 0 bridgehead atoms. The Morgan fingerprint density at radius 1 is 1.00 bits per heavy atom. The SMILES string of the molecule is COC(=O)c1ccc2nc(Cc3cc(F)c(-c4cccc(OCc5ccccc5)n4)cc3F)n(CC3CCO3)c2c1. The van der Waals surface area contributed by atoms with Crippen LogP contribution in [-0.4, -0.2) is 40.3 Å². The third-order valence-electron chi connectivity index (χ3n) is 7.14. The van der Waals surface area contributed by atoms with Crippen molar-refractivity contribution in [3.05, 3.63) is 113 Å². The monoisotopic (exact) mass is 555 g/mol. The number of ether oxygens (including phenoxy) is 3. The van der Waals surface area contributed by atoms with E-state index in [1.807, 2.05) is 34.9 Å². The molecular formula is C32H27F2N3O4. The van der Waals surface area contributed by atoms with E-state index in [2.05, 4.69) is 4.98 Å². The van der Waals surface area contributed by atoms with Crippen molar-refractivity contribution in [2.45, 2.75) is 32.1 Å². The Morgan fingerprint density at radius 3 is 2.59 bits per heavy atom. The summed E-state index contributed by atoms with van der Waals surface area (Å²) in [5.41, 5.74) is 3.15. The lowest BCUT2D eigenvalue weighted by Crippen LogP contribution is -2.31. The van der Waals surface area contributed by atoms with Crippen LogP contribution >= 0.6 is 0 Å². The second-order valence-corrected chi connectivity index (χ2v) is 9.85. The number of aromatic nitrogens is 3. The van der Waals surface area contributed by atoms with Crippen molar-refractivity contribution >= 4 is 17.0 Å². The van der Waals surface area contributed by atoms with Crippen molar-refractivity contribution in [1.82, 2.24) is 14.5 Å². The Kier molecular flexibility index (Phi) is 7.43. The molecule has 3 aromatic carbocycles. The average molecular weight is 556 g/mol. The smallest absolute Gasteiger partial charge is 0.337 e. The molecule has 1 atom stereocenters. The fourth-order valence-electron chi connectivity index (χ4n) is 4.86. The van der Waals surface area contributed by atoms with Crippen LogP contribution in [0.1, 0.15) is 33.7 Å². The zero-order chi connectivity index (χ0) is 28.3. The first-order chi connectivity index (χ1) is 20.0. The Balaban J connectivity index is 1.28. The molecule has 0 aliphatic carbocycles. The molecule has 5 aromatic rings. The van der Waals surface area contributed by atoms with Gasteiger partial charge in [-0.05, 0) is 53.9 Å². The largest absolute Gasteiger partial charge is 0.473 e. The molecule has 9 heteroatoms. The standard InChI is InChI=1S/C32H27F2N3O4/c1-39-32(38)21-10-11-28-29(15-21)37(18-23-12-13-40-23)30(35-28)16-22-14-26(34)24(17-25(22)33)27-8-5-9-31(36-27)41-19-20-6-3-2-4-7-20/h2-11,14-15,17,23H,12-13,16,18-19H2,1H3. The van der Waals surface area contributed by atoms with Crippen molar-refractivity contribution in [2.75, 3.05) is 13.7 Å². The summed E-state index contributed by atoms with van der Waals surface area (Å²) in [4.78, 5) is 21.2. The predicted octanol–water partition coefficient (Wildman–Crippen LogP) is 6.12. The van der Waals surface area contributed by atoms with Crippen molar-refractivity contribution in [3.63, 3.8) is 0 Å². The van der Waals surface area contributed by atoms with Gasteiger partial charge in [0, 0.05) is 24.7 Å². The third kappa shape index (κ3) is 5.67. The molecule has 41 heavy (non-hydrogen) atoms. The first kappa shape index (κ1) is 26.6. The second kappa shape index (κ2) is 11.5. The molecule has 7 nitrogen and oxygen atoms in total. The minimum absolute atomic E-state index is 0.0145. The number of pyridine rings is 1. The minimum atomic E-state index is -0.605. The summed E-state index contributed by atoms with van der Waals surface area (Å²) in [6, 6.07) is 22.0. The number of methoxy groups -OCH3 is 1.